The van der Waals surface area contributed by atoms with E-state index in [9.17, 15) is 10.2 Å². The Labute approximate surface area is 134 Å². The highest BCUT2D eigenvalue weighted by molar-refractivity contribution is 5.19. The molecular weight excluding hydrogens is 280 g/mol. The molecule has 22 heavy (non-hydrogen) atoms. The first-order chi connectivity index (χ1) is 10.3. The van der Waals surface area contributed by atoms with Gasteiger partial charge in [-0.15, -0.1) is 0 Å². The van der Waals surface area contributed by atoms with Gasteiger partial charge in [-0.05, 0) is 37.5 Å². The van der Waals surface area contributed by atoms with E-state index in [1.165, 1.54) is 0 Å². The van der Waals surface area contributed by atoms with Crippen molar-refractivity contribution in [1.82, 2.24) is 0 Å². The first-order valence-corrected chi connectivity index (χ1v) is 8.94. The summed E-state index contributed by atoms with van der Waals surface area (Å²) in [7, 11) is 0. The molecule has 0 aromatic rings. The van der Waals surface area contributed by atoms with E-state index in [1.54, 1.807) is 0 Å². The van der Waals surface area contributed by atoms with Crippen molar-refractivity contribution in [1.29, 1.82) is 0 Å². The summed E-state index contributed by atoms with van der Waals surface area (Å²) in [5.74, 6) is 0.0186. The lowest BCUT2D eigenvalue weighted by Crippen LogP contribution is -2.64. The highest BCUT2D eigenvalue weighted by atomic mass is 16.7. The van der Waals surface area contributed by atoms with Crippen LogP contribution in [0.15, 0.2) is 0 Å². The fourth-order valence-corrected chi connectivity index (χ4v) is 5.21. The Hall–Kier alpha value is -0.160. The van der Waals surface area contributed by atoms with E-state index in [-0.39, 0.29) is 11.3 Å². The van der Waals surface area contributed by atoms with Crippen molar-refractivity contribution in [2.75, 3.05) is 13.2 Å². The highest BCUT2D eigenvalue weighted by Gasteiger charge is 2.70. The fraction of sp³-hybridized carbons (Fsp3) is 1.00. The average molecular weight is 312 g/mol. The van der Waals surface area contributed by atoms with Crippen LogP contribution in [0.1, 0.15) is 59.8 Å². The van der Waals surface area contributed by atoms with Crippen LogP contribution < -0.4 is 0 Å². The predicted octanol–water partition coefficient (Wildman–Crippen LogP) is 2.71. The largest absolute Gasteiger partial charge is 0.390 e. The van der Waals surface area contributed by atoms with E-state index >= 15 is 0 Å². The zero-order chi connectivity index (χ0) is 16.2. The first kappa shape index (κ1) is 16.7. The van der Waals surface area contributed by atoms with Gasteiger partial charge < -0.3 is 19.7 Å². The Kier molecular flexibility index (Phi) is 4.13. The molecule has 0 spiro atoms. The molecule has 1 aliphatic heterocycles. The molecule has 3 rings (SSSR count). The van der Waals surface area contributed by atoms with Gasteiger partial charge in [0.2, 0.25) is 0 Å². The molecule has 0 bridgehead atoms. The Bertz CT molecular complexity index is 417. The van der Waals surface area contributed by atoms with E-state index in [0.29, 0.717) is 31.5 Å². The van der Waals surface area contributed by atoms with Crippen molar-refractivity contribution in [3.63, 3.8) is 0 Å². The van der Waals surface area contributed by atoms with E-state index in [2.05, 4.69) is 20.8 Å². The van der Waals surface area contributed by atoms with Crippen LogP contribution in [0.3, 0.4) is 0 Å². The first-order valence-electron chi connectivity index (χ1n) is 8.94. The molecule has 0 unspecified atom stereocenters. The fourth-order valence-electron chi connectivity index (χ4n) is 5.21. The van der Waals surface area contributed by atoms with Crippen molar-refractivity contribution in [3.05, 3.63) is 0 Å². The predicted molar refractivity (Wildman–Crippen MR) is 84.3 cm³/mol. The van der Waals surface area contributed by atoms with Gasteiger partial charge in [0.1, 0.15) is 5.60 Å². The van der Waals surface area contributed by atoms with Crippen LogP contribution in [-0.2, 0) is 9.47 Å². The van der Waals surface area contributed by atoms with Crippen molar-refractivity contribution in [2.45, 2.75) is 77.3 Å². The van der Waals surface area contributed by atoms with Crippen LogP contribution >= 0.6 is 0 Å². The summed E-state index contributed by atoms with van der Waals surface area (Å²) >= 11 is 0. The quantitative estimate of drug-likeness (QED) is 0.819. The molecule has 2 aliphatic carbocycles. The third kappa shape index (κ3) is 2.10. The summed E-state index contributed by atoms with van der Waals surface area (Å²) in [6, 6.07) is 0. The van der Waals surface area contributed by atoms with Crippen molar-refractivity contribution in [3.8, 4) is 0 Å². The third-order valence-electron chi connectivity index (χ3n) is 7.01. The second kappa shape index (κ2) is 5.44. The number of hydrogen-bond acceptors (Lipinski definition) is 4. The summed E-state index contributed by atoms with van der Waals surface area (Å²) in [6.07, 6.45) is 3.90. The topological polar surface area (TPSA) is 58.9 Å². The molecule has 0 radical (unpaired) electrons. The molecule has 4 nitrogen and oxygen atoms in total. The van der Waals surface area contributed by atoms with E-state index < -0.39 is 17.5 Å². The monoisotopic (exact) mass is 312 g/mol. The normalized spacial score (nSPS) is 44.9. The maximum absolute atomic E-state index is 11.6. The van der Waals surface area contributed by atoms with Gasteiger partial charge >= 0.3 is 0 Å². The van der Waals surface area contributed by atoms with Crippen LogP contribution in [0.25, 0.3) is 0 Å². The van der Waals surface area contributed by atoms with Gasteiger partial charge in [-0.3, -0.25) is 0 Å². The summed E-state index contributed by atoms with van der Waals surface area (Å²) in [5, 5.41) is 22.2. The standard InChI is InChI=1S/C18H32O4/c1-12(2)5-8-17(21-9-10-22-17)13(3)18(20)15(19)11-14-6-7-16(14,18)4/h12-15,19-20H,5-11H2,1-4H3/t13-,14+,15-,16-,18+/m0/s1. The second-order valence-electron chi connectivity index (χ2n) is 8.39. The molecule has 1 saturated heterocycles. The van der Waals surface area contributed by atoms with Crippen molar-refractivity contribution < 1.29 is 19.7 Å². The number of fused-ring (bicyclic) bond motifs is 1. The lowest BCUT2D eigenvalue weighted by atomic mass is 9.54. The van der Waals surface area contributed by atoms with Crippen LogP contribution in [0.5, 0.6) is 0 Å². The lowest BCUT2D eigenvalue weighted by molar-refractivity contribution is -0.281. The minimum absolute atomic E-state index is 0.202. The van der Waals surface area contributed by atoms with Crippen LogP contribution in [0.4, 0.5) is 0 Å². The molecule has 0 aromatic heterocycles. The molecule has 0 amide bonds. The Morgan fingerprint density at radius 1 is 1.18 bits per heavy atom. The average Bonchev–Trinajstić information content (AvgIpc) is 3.00. The minimum Gasteiger partial charge on any atom is -0.390 e. The number of ether oxygens (including phenoxy) is 2. The van der Waals surface area contributed by atoms with E-state index in [0.717, 1.165) is 25.7 Å². The van der Waals surface area contributed by atoms with E-state index in [1.807, 2.05) is 6.92 Å². The molecule has 0 aromatic carbocycles. The van der Waals surface area contributed by atoms with Crippen molar-refractivity contribution >= 4 is 0 Å². The smallest absolute Gasteiger partial charge is 0.173 e. The Morgan fingerprint density at radius 3 is 2.27 bits per heavy atom. The number of rotatable bonds is 5. The van der Waals surface area contributed by atoms with Crippen LogP contribution in [0, 0.1) is 23.2 Å². The van der Waals surface area contributed by atoms with Gasteiger partial charge in [-0.1, -0.05) is 27.7 Å². The van der Waals surface area contributed by atoms with Crippen LogP contribution in [0.2, 0.25) is 0 Å². The number of hydrogen-bond donors (Lipinski definition) is 2. The number of aliphatic hydroxyl groups excluding tert-OH is 1. The SMILES string of the molecule is CC(C)CCC1([C@H](C)[C@@]2(O)[C@@H](O)C[C@H]3CC[C@@]32C)OCCO1. The molecule has 2 saturated carbocycles. The Balaban J connectivity index is 1.88. The van der Waals surface area contributed by atoms with Gasteiger partial charge in [-0.25, -0.2) is 0 Å². The van der Waals surface area contributed by atoms with E-state index in [4.69, 9.17) is 9.47 Å². The Morgan fingerprint density at radius 2 is 1.82 bits per heavy atom. The molecular formula is C18H32O4. The van der Waals surface area contributed by atoms with Gasteiger partial charge in [0.25, 0.3) is 0 Å². The number of aliphatic hydroxyl groups is 2. The van der Waals surface area contributed by atoms with Gasteiger partial charge in [0.05, 0.1) is 19.3 Å². The van der Waals surface area contributed by atoms with Crippen LogP contribution in [-0.4, -0.2) is 40.9 Å². The zero-order valence-electron chi connectivity index (χ0n) is 14.5. The maximum atomic E-state index is 11.6. The molecule has 3 fully saturated rings. The highest BCUT2D eigenvalue weighted by Crippen LogP contribution is 2.66. The summed E-state index contributed by atoms with van der Waals surface area (Å²) in [4.78, 5) is 0. The molecule has 3 aliphatic rings. The molecule has 2 N–H and O–H groups in total. The summed E-state index contributed by atoms with van der Waals surface area (Å²) < 4.78 is 12.1. The van der Waals surface area contributed by atoms with Gasteiger partial charge in [-0.2, -0.15) is 0 Å². The minimum atomic E-state index is -1.11. The summed E-state index contributed by atoms with van der Waals surface area (Å²) in [6.45, 7) is 9.69. The molecule has 1 heterocycles. The lowest BCUT2D eigenvalue weighted by Gasteiger charge is -2.56. The third-order valence-corrected chi connectivity index (χ3v) is 7.01. The van der Waals surface area contributed by atoms with Gasteiger partial charge in [0, 0.05) is 17.8 Å². The summed E-state index contributed by atoms with van der Waals surface area (Å²) in [5.41, 5.74) is -1.32. The molecule has 128 valence electrons. The maximum Gasteiger partial charge on any atom is 0.173 e. The second-order valence-corrected chi connectivity index (χ2v) is 8.39. The zero-order valence-corrected chi connectivity index (χ0v) is 14.5. The molecule has 5 atom stereocenters. The van der Waals surface area contributed by atoms with Gasteiger partial charge in [0.15, 0.2) is 5.79 Å². The molecule has 4 heteroatoms. The van der Waals surface area contributed by atoms with Crippen molar-refractivity contribution in [2.24, 2.45) is 23.2 Å².